The van der Waals surface area contributed by atoms with Crippen LogP contribution < -0.4 is 4.74 Å². The van der Waals surface area contributed by atoms with Gasteiger partial charge in [-0.3, -0.25) is 0 Å². The third-order valence-electron chi connectivity index (χ3n) is 1.72. The van der Waals surface area contributed by atoms with Gasteiger partial charge in [0.25, 0.3) is 4.52 Å². The van der Waals surface area contributed by atoms with Crippen LogP contribution in [-0.2, 0) is 0 Å². The second-order valence-corrected chi connectivity index (χ2v) is 5.58. The molecule has 0 aromatic heterocycles. The fourth-order valence-corrected chi connectivity index (χ4v) is 1.14. The number of alkyl halides is 3. The van der Waals surface area contributed by atoms with Gasteiger partial charge >= 0.3 is 0 Å². The van der Waals surface area contributed by atoms with E-state index in [1.807, 2.05) is 6.07 Å². The van der Waals surface area contributed by atoms with Gasteiger partial charge in [0.15, 0.2) is 0 Å². The molecule has 0 aliphatic carbocycles. The van der Waals surface area contributed by atoms with Gasteiger partial charge in [-0.2, -0.15) is 5.26 Å². The molecular weight excluding hydrogens is 301 g/mol. The Morgan fingerprint density at radius 1 is 1.47 bits per heavy atom. The van der Waals surface area contributed by atoms with Crippen LogP contribution in [0.5, 0.6) is 5.75 Å². The maximum atomic E-state index is 8.83. The number of halogens is 3. The number of hydrogen-bond acceptors (Lipinski definition) is 2. The van der Waals surface area contributed by atoms with Gasteiger partial charge in [-0.1, -0.05) is 51.3 Å². The standard InChI is InChI=1S/C10H8BrCl2NO/c1-7(11)10(12,13)15-9-5-3-2-4-8(9)6-14/h2-5,7H,1H3. The van der Waals surface area contributed by atoms with Gasteiger partial charge in [0, 0.05) is 0 Å². The maximum absolute atomic E-state index is 8.83. The topological polar surface area (TPSA) is 33.0 Å². The van der Waals surface area contributed by atoms with E-state index in [4.69, 9.17) is 33.2 Å². The van der Waals surface area contributed by atoms with Crippen LogP contribution in [0.15, 0.2) is 24.3 Å². The average molecular weight is 309 g/mol. The quantitative estimate of drug-likeness (QED) is 0.795. The Morgan fingerprint density at radius 3 is 2.60 bits per heavy atom. The maximum Gasteiger partial charge on any atom is 0.270 e. The zero-order chi connectivity index (χ0) is 11.5. The average Bonchev–Trinajstić information content (AvgIpc) is 2.18. The Balaban J connectivity index is 2.95. The first kappa shape index (κ1) is 12.6. The van der Waals surface area contributed by atoms with Gasteiger partial charge < -0.3 is 4.74 Å². The lowest BCUT2D eigenvalue weighted by atomic mass is 10.2. The molecule has 0 amide bonds. The van der Waals surface area contributed by atoms with Gasteiger partial charge in [0.1, 0.15) is 11.8 Å². The van der Waals surface area contributed by atoms with Crippen LogP contribution in [0.2, 0.25) is 0 Å². The Kier molecular flexibility index (Phi) is 4.27. The summed E-state index contributed by atoms with van der Waals surface area (Å²) in [5.74, 6) is 0.372. The molecule has 0 aliphatic heterocycles. The van der Waals surface area contributed by atoms with Crippen molar-refractivity contribution in [2.45, 2.75) is 16.3 Å². The van der Waals surface area contributed by atoms with Crippen molar-refractivity contribution >= 4 is 39.1 Å². The number of nitriles is 1. The van der Waals surface area contributed by atoms with Gasteiger partial charge in [0.05, 0.1) is 10.4 Å². The van der Waals surface area contributed by atoms with Crippen LogP contribution in [0.1, 0.15) is 12.5 Å². The molecule has 0 aliphatic rings. The van der Waals surface area contributed by atoms with Crippen molar-refractivity contribution < 1.29 is 4.74 Å². The lowest BCUT2D eigenvalue weighted by molar-refractivity contribution is 0.244. The first-order valence-corrected chi connectivity index (χ1v) is 5.84. The number of benzene rings is 1. The number of rotatable bonds is 3. The summed E-state index contributed by atoms with van der Waals surface area (Å²) >= 11 is 15.1. The van der Waals surface area contributed by atoms with Crippen molar-refractivity contribution in [3.05, 3.63) is 29.8 Å². The van der Waals surface area contributed by atoms with Crippen LogP contribution in [0.4, 0.5) is 0 Å². The molecule has 15 heavy (non-hydrogen) atoms. The van der Waals surface area contributed by atoms with E-state index in [0.717, 1.165) is 0 Å². The molecular formula is C10H8BrCl2NO. The molecule has 1 atom stereocenters. The second-order valence-electron chi connectivity index (χ2n) is 2.89. The van der Waals surface area contributed by atoms with E-state index >= 15 is 0 Å². The van der Waals surface area contributed by atoms with E-state index in [2.05, 4.69) is 15.9 Å². The Hall–Kier alpha value is -0.430. The van der Waals surface area contributed by atoms with Crippen LogP contribution in [0.3, 0.4) is 0 Å². The summed E-state index contributed by atoms with van der Waals surface area (Å²) in [5.41, 5.74) is 0.399. The zero-order valence-corrected chi connectivity index (χ0v) is 11.0. The molecule has 0 N–H and O–H groups in total. The smallest absolute Gasteiger partial charge is 0.270 e. The predicted molar refractivity (Wildman–Crippen MR) is 64.6 cm³/mol. The van der Waals surface area contributed by atoms with Crippen LogP contribution >= 0.6 is 39.1 Å². The third-order valence-corrected chi connectivity index (χ3v) is 3.70. The summed E-state index contributed by atoms with van der Waals surface area (Å²) in [4.78, 5) is -0.264. The molecule has 1 aromatic carbocycles. The second kappa shape index (κ2) is 5.07. The van der Waals surface area contributed by atoms with E-state index in [1.165, 1.54) is 0 Å². The van der Waals surface area contributed by atoms with Gasteiger partial charge in [-0.15, -0.1) is 0 Å². The largest absolute Gasteiger partial charge is 0.456 e. The van der Waals surface area contributed by atoms with Crippen molar-refractivity contribution in [2.24, 2.45) is 0 Å². The minimum atomic E-state index is -1.40. The molecule has 1 unspecified atom stereocenters. The minimum Gasteiger partial charge on any atom is -0.456 e. The number of para-hydroxylation sites is 1. The van der Waals surface area contributed by atoms with E-state index in [1.54, 1.807) is 31.2 Å². The van der Waals surface area contributed by atoms with Crippen molar-refractivity contribution in [1.29, 1.82) is 5.26 Å². The Bertz CT molecular complexity index is 387. The summed E-state index contributed by atoms with van der Waals surface area (Å²) < 4.78 is 3.95. The summed E-state index contributed by atoms with van der Waals surface area (Å²) in [5, 5.41) is 8.83. The van der Waals surface area contributed by atoms with Gasteiger partial charge in [-0.05, 0) is 19.1 Å². The third kappa shape index (κ3) is 3.27. The van der Waals surface area contributed by atoms with Crippen molar-refractivity contribution in [3.8, 4) is 11.8 Å². The van der Waals surface area contributed by atoms with Crippen LogP contribution in [0.25, 0.3) is 0 Å². The fraction of sp³-hybridized carbons (Fsp3) is 0.300. The normalized spacial score (nSPS) is 13.0. The Labute approximate surface area is 107 Å². The number of ether oxygens (including phenoxy) is 1. The molecule has 0 bridgehead atoms. The molecule has 1 rings (SSSR count). The summed E-state index contributed by atoms with van der Waals surface area (Å²) in [6.07, 6.45) is 0. The van der Waals surface area contributed by atoms with Gasteiger partial charge in [0.2, 0.25) is 0 Å². The fourth-order valence-electron chi connectivity index (χ4n) is 0.876. The molecule has 0 radical (unpaired) electrons. The molecule has 2 nitrogen and oxygen atoms in total. The lowest BCUT2D eigenvalue weighted by Gasteiger charge is -2.24. The molecule has 5 heteroatoms. The first-order chi connectivity index (χ1) is 6.97. The SMILES string of the molecule is CC(Br)C(Cl)(Cl)Oc1ccccc1C#N. The summed E-state index contributed by atoms with van der Waals surface area (Å²) in [6.45, 7) is 1.76. The van der Waals surface area contributed by atoms with Crippen LogP contribution in [0, 0.1) is 11.3 Å². The molecule has 80 valence electrons. The van der Waals surface area contributed by atoms with Crippen molar-refractivity contribution in [1.82, 2.24) is 0 Å². The first-order valence-electron chi connectivity index (χ1n) is 4.17. The van der Waals surface area contributed by atoms with Crippen LogP contribution in [-0.4, -0.2) is 9.35 Å². The van der Waals surface area contributed by atoms with E-state index < -0.39 is 4.52 Å². The van der Waals surface area contributed by atoms with E-state index in [9.17, 15) is 0 Å². The number of nitrogens with zero attached hydrogens (tertiary/aromatic N) is 1. The highest BCUT2D eigenvalue weighted by atomic mass is 79.9. The zero-order valence-electron chi connectivity index (χ0n) is 7.88. The van der Waals surface area contributed by atoms with Gasteiger partial charge in [-0.25, -0.2) is 0 Å². The van der Waals surface area contributed by atoms with Crippen molar-refractivity contribution in [2.75, 3.05) is 0 Å². The molecule has 1 aromatic rings. The summed E-state index contributed by atoms with van der Waals surface area (Å²) in [7, 11) is 0. The highest BCUT2D eigenvalue weighted by Gasteiger charge is 2.32. The van der Waals surface area contributed by atoms with Crippen molar-refractivity contribution in [3.63, 3.8) is 0 Å². The molecule has 0 saturated carbocycles. The highest BCUT2D eigenvalue weighted by molar-refractivity contribution is 9.09. The molecule has 0 saturated heterocycles. The summed E-state index contributed by atoms with van der Waals surface area (Å²) in [6, 6.07) is 8.77. The molecule has 0 heterocycles. The molecule has 0 fully saturated rings. The predicted octanol–water partition coefficient (Wildman–Crippen LogP) is 3.85. The monoisotopic (exact) mass is 307 g/mol. The highest BCUT2D eigenvalue weighted by Crippen LogP contribution is 2.34. The Morgan fingerprint density at radius 2 is 2.07 bits per heavy atom. The molecule has 0 spiro atoms. The van der Waals surface area contributed by atoms with E-state index in [-0.39, 0.29) is 4.83 Å². The lowest BCUT2D eigenvalue weighted by Crippen LogP contribution is -2.30. The van der Waals surface area contributed by atoms with E-state index in [0.29, 0.717) is 11.3 Å². The minimum absolute atomic E-state index is 0.264. The number of hydrogen-bond donors (Lipinski definition) is 0.